The summed E-state index contributed by atoms with van der Waals surface area (Å²) in [6.07, 6.45) is 34.9. The first kappa shape index (κ1) is 100.0. The van der Waals surface area contributed by atoms with Crippen molar-refractivity contribution in [1.82, 2.24) is 29.2 Å². The number of rotatable bonds is 37. The lowest BCUT2D eigenvalue weighted by molar-refractivity contribution is -0.757. The minimum atomic E-state index is -0.786. The van der Waals surface area contributed by atoms with E-state index in [-0.39, 0.29) is 35.4 Å². The number of phenolic OH excluding ortho intramolecular Hbond substituents is 1. The Labute approximate surface area is 819 Å². The number of unbranched alkanes of at least 4 members (excludes halogenated alkanes) is 11. The van der Waals surface area contributed by atoms with Gasteiger partial charge in [-0.15, -0.1) is 10.1 Å². The Morgan fingerprint density at radius 3 is 1.68 bits per heavy atom. The highest BCUT2D eigenvalue weighted by Gasteiger charge is 2.52. The lowest BCUT2D eigenvalue weighted by Gasteiger charge is -2.56. The number of hydrogen-bond acceptors (Lipinski definition) is 13. The molecule has 4 saturated carbocycles. The van der Waals surface area contributed by atoms with Gasteiger partial charge in [-0.1, -0.05) is 289 Å². The summed E-state index contributed by atoms with van der Waals surface area (Å²) in [6, 6.07) is 79.4. The van der Waals surface area contributed by atoms with E-state index >= 15 is 0 Å². The number of aryl methyl sites for hydroxylation is 3. The van der Waals surface area contributed by atoms with Gasteiger partial charge in [-0.05, 0) is 243 Å². The standard InChI is InChI=1S/C26H35NO2.C26H24O2.C25H25NO.C23H27NO2.C21H26N4O4/c1-6-7-8-9-10-18(2)19(3)21-15-23(28)25-22(20-11-13-27-14-12-20)17-26(4,5)29-24(25)16-21;1-2-3-8-18-28-25-17-16-24(21-13-6-7-14-22(21)25)26(27)23-15-9-11-19-10-4-5-12-20(19)23;1-2-3-4-9-17-26-18-23(21-14-7-8-16-24(21)26)25(27)22-15-10-12-19-11-5-6-13-20(19)22;1-4-5-6-9-16-24-17(2)22(20-10-7-8-11-21(20)24)23(25)18-12-14-19(26-3)15-13-18;26-20(22-21-11-14-8-15(12-21)10-16(9-14)13-21)19-17-4-1-2-5-18(17)24(23-19)6-3-7-29-25(27)28/h11-19,28H,6-10H2,1-5H3;4-7,9-17H,2-3,8,18H2,1H3;5-8,10-16,18H,2-4,9,17H2,1H3;7-8,10-15H,4-6,9,16H2,1-3H3;1-2,4-5,14-16H,3,6-13H2,(H,22,26). The number of methoxy groups -OCH3 is 1. The molecule has 15 aromatic rings. The number of aromatic hydroxyl groups is 1. The fraction of sp³-hybridized carbons (Fsp3) is 0.372. The Hall–Kier alpha value is -13.5. The topological polar surface area (TPSA) is 221 Å². The fourth-order valence-electron chi connectivity index (χ4n) is 21.8. The van der Waals surface area contributed by atoms with Crippen molar-refractivity contribution < 1.29 is 48.4 Å². The van der Waals surface area contributed by atoms with Crippen molar-refractivity contribution in [2.75, 3.05) is 20.3 Å². The smallest absolute Gasteiger partial charge is 0.294 e. The monoisotopic (exact) mass is 1860 g/mol. The highest BCUT2D eigenvalue weighted by molar-refractivity contribution is 6.23. The fourth-order valence-corrected chi connectivity index (χ4v) is 21.8. The number of carbonyl (C=O) groups excluding carboxylic acids is 4. The highest BCUT2D eigenvalue weighted by atomic mass is 16.9. The summed E-state index contributed by atoms with van der Waals surface area (Å²) in [6.45, 7) is 22.7. The van der Waals surface area contributed by atoms with Crippen molar-refractivity contribution in [1.29, 1.82) is 0 Å². The summed E-state index contributed by atoms with van der Waals surface area (Å²) in [5.74, 6) is 6.03. The number of nitrogens with zero attached hydrogens (tertiary/aromatic N) is 6. The number of ether oxygens (including phenoxy) is 3. The lowest BCUT2D eigenvalue weighted by Crippen LogP contribution is -2.59. The van der Waals surface area contributed by atoms with Crippen LogP contribution in [0.4, 0.5) is 0 Å². The first-order chi connectivity index (χ1) is 67.6. The van der Waals surface area contributed by atoms with Crippen LogP contribution in [0.5, 0.6) is 23.0 Å². The highest BCUT2D eigenvalue weighted by Crippen LogP contribution is 2.56. The Morgan fingerprint density at radius 1 is 0.532 bits per heavy atom. The number of nitrogens with one attached hydrogen (secondary N) is 1. The predicted octanol–water partition coefficient (Wildman–Crippen LogP) is 29.6. The molecule has 18 nitrogen and oxygen atoms in total. The number of amides is 1. The van der Waals surface area contributed by atoms with Crippen LogP contribution in [-0.2, 0) is 24.5 Å². The first-order valence-corrected chi connectivity index (χ1v) is 50.9. The van der Waals surface area contributed by atoms with E-state index in [0.717, 1.165) is 208 Å². The third-order valence-corrected chi connectivity index (χ3v) is 28.7. The number of hydrogen-bond donors (Lipinski definition) is 2. The van der Waals surface area contributed by atoms with Crippen LogP contribution in [0.15, 0.2) is 267 Å². The van der Waals surface area contributed by atoms with Crippen LogP contribution < -0.4 is 19.5 Å². The van der Waals surface area contributed by atoms with Gasteiger partial charge in [-0.2, -0.15) is 5.10 Å². The zero-order chi connectivity index (χ0) is 97.5. The second-order valence-corrected chi connectivity index (χ2v) is 39.2. The minimum Gasteiger partial charge on any atom is -0.507 e. The number of aromatic nitrogens is 5. The number of ketones is 3. The van der Waals surface area contributed by atoms with Gasteiger partial charge in [0.15, 0.2) is 23.0 Å². The van der Waals surface area contributed by atoms with Crippen molar-refractivity contribution >= 4 is 93.9 Å². The molecule has 4 aromatic heterocycles. The second kappa shape index (κ2) is 47.2. The number of benzene rings is 11. The van der Waals surface area contributed by atoms with E-state index < -0.39 is 10.7 Å². The van der Waals surface area contributed by atoms with E-state index in [0.29, 0.717) is 54.0 Å². The zero-order valence-corrected chi connectivity index (χ0v) is 82.8. The molecule has 0 spiro atoms. The maximum atomic E-state index is 13.5. The van der Waals surface area contributed by atoms with Crippen LogP contribution in [0.1, 0.15) is 290 Å². The molecular weight excluding hydrogens is 1730 g/mol. The van der Waals surface area contributed by atoms with Gasteiger partial charge >= 0.3 is 0 Å². The van der Waals surface area contributed by atoms with Crippen molar-refractivity contribution in [2.24, 2.45) is 23.7 Å². The molecule has 20 rings (SSSR count). The number of pyridine rings is 1. The molecule has 139 heavy (non-hydrogen) atoms. The van der Waals surface area contributed by atoms with Crippen LogP contribution in [0.3, 0.4) is 0 Å². The Bertz CT molecular complexity index is 6750. The predicted molar refractivity (Wildman–Crippen MR) is 563 cm³/mol. The molecule has 1 aliphatic heterocycles. The average Bonchev–Trinajstić information content (AvgIpc) is 1.31. The molecule has 2 N–H and O–H groups in total. The Morgan fingerprint density at radius 2 is 1.06 bits per heavy atom. The lowest BCUT2D eigenvalue weighted by atomic mass is 9.53. The number of fused-ring (bicyclic) bond motifs is 7. The molecule has 4 bridgehead atoms. The summed E-state index contributed by atoms with van der Waals surface area (Å²) < 4.78 is 23.8. The van der Waals surface area contributed by atoms with Gasteiger partial charge < -0.3 is 38.6 Å². The molecule has 0 radical (unpaired) electrons. The SMILES string of the molecule is CCCCCCC(C)C(C)c1cc(O)c2c(c1)OC(C)(C)C=C2c1ccncc1.CCCCCCn1c(C)c(C(=O)c2ccc(OC)cc2)c2ccccc21.CCCCCCn1cc(C(=O)c2cccc3ccccc23)c2ccccc21.CCCCCOc1ccc(C(=O)c2cccc3ccccc23)c2ccccc12.O=C(NC12CC3CC(CC(C3)C1)C2)c1nn(CCCO[N+](=O)[O-])c2ccccc12. The van der Waals surface area contributed by atoms with E-state index in [4.69, 9.17) is 14.2 Å². The Balaban J connectivity index is 0.000000132. The summed E-state index contributed by atoms with van der Waals surface area (Å²) in [7, 11) is 1.63. The number of phenols is 1. The van der Waals surface area contributed by atoms with Gasteiger partial charge in [0.1, 0.15) is 28.6 Å². The van der Waals surface area contributed by atoms with E-state index in [1.165, 1.54) is 96.3 Å². The Kier molecular flexibility index (Phi) is 34.0. The van der Waals surface area contributed by atoms with E-state index in [1.807, 2.05) is 194 Å². The van der Waals surface area contributed by atoms with Crippen LogP contribution in [-0.4, -0.2) is 88.8 Å². The molecule has 1 amide bonds. The van der Waals surface area contributed by atoms with Gasteiger partial charge in [0.05, 0.1) is 37.0 Å². The quantitative estimate of drug-likeness (QED) is 0.0160. The van der Waals surface area contributed by atoms with Gasteiger partial charge in [0, 0.05) is 110 Å². The maximum absolute atomic E-state index is 13.5. The largest absolute Gasteiger partial charge is 0.507 e. The molecule has 722 valence electrons. The molecule has 4 fully saturated rings. The normalized spacial score (nSPS) is 16.3. The van der Waals surface area contributed by atoms with Crippen LogP contribution in [0.2, 0.25) is 0 Å². The molecular formula is C121H137N7O11. The van der Waals surface area contributed by atoms with E-state index in [9.17, 15) is 34.4 Å². The molecule has 4 aliphatic carbocycles. The van der Waals surface area contributed by atoms with Crippen LogP contribution in [0, 0.1) is 40.7 Å². The number of para-hydroxylation sites is 3. The van der Waals surface area contributed by atoms with Gasteiger partial charge in [-0.3, -0.25) is 28.8 Å². The van der Waals surface area contributed by atoms with E-state index in [2.05, 4.69) is 152 Å². The third kappa shape index (κ3) is 24.1. The van der Waals surface area contributed by atoms with Gasteiger partial charge in [-0.25, -0.2) is 0 Å². The van der Waals surface area contributed by atoms with Crippen molar-refractivity contribution in [3.63, 3.8) is 0 Å². The zero-order valence-electron chi connectivity index (χ0n) is 82.8. The maximum Gasteiger partial charge on any atom is 0.294 e. The van der Waals surface area contributed by atoms with Gasteiger partial charge in [0.2, 0.25) is 0 Å². The third-order valence-electron chi connectivity index (χ3n) is 28.7. The summed E-state index contributed by atoms with van der Waals surface area (Å²) >= 11 is 0. The molecule has 2 atom stereocenters. The van der Waals surface area contributed by atoms with Crippen molar-refractivity contribution in [2.45, 2.75) is 247 Å². The molecule has 2 unspecified atom stereocenters. The first-order valence-electron chi connectivity index (χ1n) is 50.9. The average molecular weight is 1870 g/mol. The van der Waals surface area contributed by atoms with Crippen molar-refractivity contribution in [3.8, 4) is 23.0 Å². The summed E-state index contributed by atoms with van der Waals surface area (Å²) in [5, 5.41) is 37.5. The molecule has 11 aromatic carbocycles. The molecule has 18 heteroatoms. The number of carbonyl (C=O) groups is 4. The van der Waals surface area contributed by atoms with Crippen LogP contribution >= 0.6 is 0 Å². The summed E-state index contributed by atoms with van der Waals surface area (Å²) in [4.78, 5) is 72.2. The summed E-state index contributed by atoms with van der Waals surface area (Å²) in [5.41, 5.74) is 12.7. The molecule has 0 saturated heterocycles. The second-order valence-electron chi connectivity index (χ2n) is 39.2. The van der Waals surface area contributed by atoms with Crippen LogP contribution in [0.25, 0.3) is 70.6 Å². The molecule has 5 aliphatic rings. The van der Waals surface area contributed by atoms with Gasteiger partial charge in [0.25, 0.3) is 11.0 Å². The van der Waals surface area contributed by atoms with E-state index in [1.54, 1.807) is 24.2 Å². The minimum absolute atomic E-state index is 0.00991. The van der Waals surface area contributed by atoms with Crippen molar-refractivity contribution in [3.05, 3.63) is 339 Å². The molecule has 5 heterocycles.